The average Bonchev–Trinajstić information content (AvgIpc) is 3.19. The predicted molar refractivity (Wildman–Crippen MR) is 82.7 cm³/mol. The first kappa shape index (κ1) is 16.1. The first-order chi connectivity index (χ1) is 11.0. The Hall–Kier alpha value is -1.80. The van der Waals surface area contributed by atoms with Gasteiger partial charge in [0.1, 0.15) is 0 Å². The lowest BCUT2D eigenvalue weighted by atomic mass is 10.0. The first-order valence-corrected chi connectivity index (χ1v) is 7.98. The third-order valence-corrected chi connectivity index (χ3v) is 4.10. The molecule has 0 radical (unpaired) electrons. The summed E-state index contributed by atoms with van der Waals surface area (Å²) in [6, 6.07) is 0. The molecule has 23 heavy (non-hydrogen) atoms. The van der Waals surface area contributed by atoms with E-state index in [4.69, 9.17) is 9.26 Å². The van der Waals surface area contributed by atoms with Gasteiger partial charge in [0.25, 0.3) is 0 Å². The van der Waals surface area contributed by atoms with E-state index in [9.17, 15) is 0 Å². The normalized spacial score (nSPS) is 22.3. The van der Waals surface area contributed by atoms with Gasteiger partial charge in [-0.15, -0.1) is 5.10 Å². The van der Waals surface area contributed by atoms with Crippen LogP contribution in [0, 0.1) is 5.92 Å². The summed E-state index contributed by atoms with van der Waals surface area (Å²) in [4.78, 5) is 6.74. The number of aryl methyl sites for hydroxylation is 1. The van der Waals surface area contributed by atoms with Crippen LogP contribution < -0.4 is 0 Å². The fourth-order valence-electron chi connectivity index (χ4n) is 3.03. The second-order valence-electron chi connectivity index (χ2n) is 6.59. The Labute approximate surface area is 135 Å². The summed E-state index contributed by atoms with van der Waals surface area (Å²) in [6.07, 6.45) is 2.89. The van der Waals surface area contributed by atoms with Crippen LogP contribution in [-0.4, -0.2) is 56.3 Å². The number of aromatic nitrogens is 5. The minimum Gasteiger partial charge on any atom is -0.379 e. The van der Waals surface area contributed by atoms with Gasteiger partial charge in [-0.3, -0.25) is 9.58 Å². The molecule has 0 saturated carbocycles. The van der Waals surface area contributed by atoms with Crippen LogP contribution in [-0.2, 0) is 24.8 Å². The highest BCUT2D eigenvalue weighted by Gasteiger charge is 2.36. The molecule has 1 fully saturated rings. The molecule has 8 nitrogen and oxygen atoms in total. The van der Waals surface area contributed by atoms with E-state index in [1.54, 1.807) is 11.8 Å². The lowest BCUT2D eigenvalue weighted by Gasteiger charge is -2.13. The highest BCUT2D eigenvalue weighted by molar-refractivity contribution is 5.10. The maximum Gasteiger partial charge on any atom is 0.240 e. The molecule has 8 heteroatoms. The van der Waals surface area contributed by atoms with E-state index in [0.717, 1.165) is 31.0 Å². The van der Waals surface area contributed by atoms with Crippen LogP contribution in [0.15, 0.2) is 10.7 Å². The van der Waals surface area contributed by atoms with Crippen LogP contribution in [0.4, 0.5) is 0 Å². The molecule has 1 aliphatic heterocycles. The Morgan fingerprint density at radius 3 is 2.87 bits per heavy atom. The number of likely N-dealkylation sites (tertiary alicyclic amines) is 1. The van der Waals surface area contributed by atoms with Crippen molar-refractivity contribution in [3.8, 4) is 0 Å². The lowest BCUT2D eigenvalue weighted by Crippen LogP contribution is -2.22. The van der Waals surface area contributed by atoms with Crippen molar-refractivity contribution in [2.24, 2.45) is 13.0 Å². The van der Waals surface area contributed by atoms with Gasteiger partial charge in [-0.05, 0) is 5.92 Å². The molecule has 126 valence electrons. The molecule has 2 atom stereocenters. The minimum absolute atomic E-state index is 0.102. The van der Waals surface area contributed by atoms with Crippen LogP contribution in [0.25, 0.3) is 0 Å². The zero-order valence-corrected chi connectivity index (χ0v) is 14.1. The van der Waals surface area contributed by atoms with E-state index in [0.29, 0.717) is 18.4 Å². The molecule has 0 unspecified atom stereocenters. The topological polar surface area (TPSA) is 82.1 Å². The molecule has 0 spiro atoms. The quantitative estimate of drug-likeness (QED) is 0.785. The number of hydrogen-bond acceptors (Lipinski definition) is 7. The van der Waals surface area contributed by atoms with Crippen LogP contribution in [0.2, 0.25) is 0 Å². The Morgan fingerprint density at radius 2 is 2.22 bits per heavy atom. The zero-order chi connectivity index (χ0) is 16.4. The average molecular weight is 320 g/mol. The fourth-order valence-corrected chi connectivity index (χ4v) is 3.03. The van der Waals surface area contributed by atoms with Gasteiger partial charge in [-0.2, -0.15) is 4.98 Å². The van der Waals surface area contributed by atoms with E-state index in [1.165, 1.54) is 0 Å². The van der Waals surface area contributed by atoms with Crippen molar-refractivity contribution >= 4 is 0 Å². The van der Waals surface area contributed by atoms with Crippen LogP contribution in [0.5, 0.6) is 0 Å². The zero-order valence-electron chi connectivity index (χ0n) is 14.1. The van der Waals surface area contributed by atoms with Crippen molar-refractivity contribution in [1.29, 1.82) is 0 Å². The van der Waals surface area contributed by atoms with Gasteiger partial charge in [-0.25, -0.2) is 0 Å². The fraction of sp³-hybridized carbons (Fsp3) is 0.733. The summed E-state index contributed by atoms with van der Waals surface area (Å²) < 4.78 is 12.7. The smallest absolute Gasteiger partial charge is 0.240 e. The molecule has 0 amide bonds. The van der Waals surface area contributed by atoms with Crippen LogP contribution in [0.1, 0.15) is 37.2 Å². The number of rotatable bonds is 6. The first-order valence-electron chi connectivity index (χ1n) is 7.98. The summed E-state index contributed by atoms with van der Waals surface area (Å²) in [5.41, 5.74) is 0.966. The van der Waals surface area contributed by atoms with Crippen molar-refractivity contribution < 1.29 is 9.26 Å². The SMILES string of the molecule is CO[C@@H]1CN(Cc2nc(CC(C)C)no2)C[C@H]1c1cn(C)nn1. The van der Waals surface area contributed by atoms with Crippen molar-refractivity contribution in [3.63, 3.8) is 0 Å². The van der Waals surface area contributed by atoms with E-state index in [1.807, 2.05) is 13.2 Å². The molecular weight excluding hydrogens is 296 g/mol. The van der Waals surface area contributed by atoms with Gasteiger partial charge in [0.2, 0.25) is 5.89 Å². The largest absolute Gasteiger partial charge is 0.379 e. The molecule has 0 bridgehead atoms. The maximum absolute atomic E-state index is 5.63. The van der Waals surface area contributed by atoms with E-state index in [2.05, 4.69) is 39.2 Å². The Morgan fingerprint density at radius 1 is 1.39 bits per heavy atom. The lowest BCUT2D eigenvalue weighted by molar-refractivity contribution is 0.0946. The summed E-state index contributed by atoms with van der Waals surface area (Å²) in [5, 5.41) is 12.3. The summed E-state index contributed by atoms with van der Waals surface area (Å²) in [7, 11) is 3.62. The van der Waals surface area contributed by atoms with Gasteiger partial charge in [0.05, 0.1) is 18.3 Å². The third-order valence-electron chi connectivity index (χ3n) is 4.10. The third kappa shape index (κ3) is 3.76. The number of nitrogens with zero attached hydrogens (tertiary/aromatic N) is 6. The van der Waals surface area contributed by atoms with E-state index in [-0.39, 0.29) is 12.0 Å². The maximum atomic E-state index is 5.63. The molecule has 0 aliphatic carbocycles. The van der Waals surface area contributed by atoms with Gasteiger partial charge in [0.15, 0.2) is 5.82 Å². The van der Waals surface area contributed by atoms with Gasteiger partial charge < -0.3 is 9.26 Å². The molecule has 2 aromatic rings. The second-order valence-corrected chi connectivity index (χ2v) is 6.59. The Bertz CT molecular complexity index is 637. The second kappa shape index (κ2) is 6.76. The van der Waals surface area contributed by atoms with Gasteiger partial charge in [-0.1, -0.05) is 24.2 Å². The summed E-state index contributed by atoms with van der Waals surface area (Å²) >= 11 is 0. The molecule has 0 aromatic carbocycles. The standard InChI is InChI=1S/C15H24N6O2/c1-10(2)5-14-16-15(23-18-14)9-21-6-11(13(8-21)22-4)12-7-20(3)19-17-12/h7,10-11,13H,5-6,8-9H2,1-4H3/t11-,13+/m0/s1. The van der Waals surface area contributed by atoms with Crippen LogP contribution in [0.3, 0.4) is 0 Å². The predicted octanol–water partition coefficient (Wildman–Crippen LogP) is 1.01. The molecule has 3 heterocycles. The molecule has 0 N–H and O–H groups in total. The molecular formula is C15H24N6O2. The summed E-state index contributed by atoms with van der Waals surface area (Å²) in [5.74, 6) is 2.18. The van der Waals surface area contributed by atoms with Crippen molar-refractivity contribution in [3.05, 3.63) is 23.6 Å². The monoisotopic (exact) mass is 320 g/mol. The highest BCUT2D eigenvalue weighted by Crippen LogP contribution is 2.28. The van der Waals surface area contributed by atoms with Gasteiger partial charge in [0, 0.05) is 45.8 Å². The number of methoxy groups -OCH3 is 1. The number of ether oxygens (including phenoxy) is 1. The van der Waals surface area contributed by atoms with Crippen molar-refractivity contribution in [2.45, 2.75) is 38.8 Å². The highest BCUT2D eigenvalue weighted by atomic mass is 16.5. The molecule has 1 aliphatic rings. The van der Waals surface area contributed by atoms with E-state index >= 15 is 0 Å². The minimum atomic E-state index is 0.102. The molecule has 1 saturated heterocycles. The van der Waals surface area contributed by atoms with E-state index < -0.39 is 0 Å². The molecule has 3 rings (SSSR count). The Kier molecular flexibility index (Phi) is 4.72. The van der Waals surface area contributed by atoms with Crippen molar-refractivity contribution in [2.75, 3.05) is 20.2 Å². The molecule has 2 aromatic heterocycles. The van der Waals surface area contributed by atoms with Crippen LogP contribution >= 0.6 is 0 Å². The van der Waals surface area contributed by atoms with Gasteiger partial charge >= 0.3 is 0 Å². The Balaban J connectivity index is 1.64. The summed E-state index contributed by atoms with van der Waals surface area (Å²) in [6.45, 7) is 6.59. The van der Waals surface area contributed by atoms with Crippen molar-refractivity contribution in [1.82, 2.24) is 30.0 Å². The number of hydrogen-bond donors (Lipinski definition) is 0.